The first-order chi connectivity index (χ1) is 12.1. The maximum atomic E-state index is 12.4. The first kappa shape index (κ1) is 17.4. The van der Waals surface area contributed by atoms with Gasteiger partial charge in [0, 0.05) is 38.4 Å². The molecule has 25 heavy (non-hydrogen) atoms. The Morgan fingerprint density at radius 2 is 1.96 bits per heavy atom. The highest BCUT2D eigenvalue weighted by Crippen LogP contribution is 2.19. The maximum Gasteiger partial charge on any atom is 0.252 e. The number of carbonyl (C=O) groups is 1. The van der Waals surface area contributed by atoms with Crippen LogP contribution in [0.2, 0.25) is 0 Å². The largest absolute Gasteiger partial charge is 0.350 e. The molecule has 0 spiro atoms. The highest BCUT2D eigenvalue weighted by atomic mass is 16.2. The molecule has 1 fully saturated rings. The molecule has 3 rings (SSSR count). The number of carbonyl (C=O) groups excluding carboxylic acids is 1. The van der Waals surface area contributed by atoms with Gasteiger partial charge < -0.3 is 9.88 Å². The molecule has 132 valence electrons. The van der Waals surface area contributed by atoms with E-state index >= 15 is 0 Å². The van der Waals surface area contributed by atoms with Crippen LogP contribution < -0.4 is 10.9 Å². The van der Waals surface area contributed by atoms with Crippen LogP contribution >= 0.6 is 0 Å². The summed E-state index contributed by atoms with van der Waals surface area (Å²) < 4.78 is 1.43. The molecule has 0 radical (unpaired) electrons. The van der Waals surface area contributed by atoms with Crippen molar-refractivity contribution in [1.82, 2.24) is 14.8 Å². The third-order valence-corrected chi connectivity index (χ3v) is 4.82. The molecule has 1 aliphatic rings. The van der Waals surface area contributed by atoms with E-state index in [-0.39, 0.29) is 11.5 Å². The predicted molar refractivity (Wildman–Crippen MR) is 98.5 cm³/mol. The van der Waals surface area contributed by atoms with Crippen molar-refractivity contribution in [2.75, 3.05) is 13.1 Å². The first-order valence-electron chi connectivity index (χ1n) is 8.86. The van der Waals surface area contributed by atoms with Gasteiger partial charge in [0.05, 0.1) is 5.56 Å². The molecule has 1 unspecified atom stereocenters. The summed E-state index contributed by atoms with van der Waals surface area (Å²) in [6.45, 7) is 2.62. The fourth-order valence-electron chi connectivity index (χ4n) is 3.36. The molecule has 0 bridgehead atoms. The lowest BCUT2D eigenvalue weighted by atomic mass is 10.0. The second-order valence-electron chi connectivity index (χ2n) is 6.68. The molecule has 1 amide bonds. The molecule has 5 nitrogen and oxygen atoms in total. The first-order valence-corrected chi connectivity index (χ1v) is 8.86. The van der Waals surface area contributed by atoms with E-state index in [1.54, 1.807) is 19.3 Å². The number of aryl methyl sites for hydroxylation is 1. The van der Waals surface area contributed by atoms with Crippen LogP contribution in [0.5, 0.6) is 0 Å². The zero-order valence-corrected chi connectivity index (χ0v) is 14.6. The molecule has 0 saturated carbocycles. The van der Waals surface area contributed by atoms with Gasteiger partial charge in [-0.25, -0.2) is 0 Å². The third-order valence-electron chi connectivity index (χ3n) is 4.82. The summed E-state index contributed by atoms with van der Waals surface area (Å²) >= 11 is 0. The van der Waals surface area contributed by atoms with Crippen LogP contribution in [0, 0.1) is 0 Å². The number of hydrogen-bond donors (Lipinski definition) is 1. The van der Waals surface area contributed by atoms with Crippen molar-refractivity contribution < 1.29 is 4.79 Å². The van der Waals surface area contributed by atoms with Gasteiger partial charge in [0.1, 0.15) is 0 Å². The number of amides is 1. The van der Waals surface area contributed by atoms with Crippen LogP contribution in [-0.4, -0.2) is 34.5 Å². The van der Waals surface area contributed by atoms with Crippen LogP contribution in [0.15, 0.2) is 53.5 Å². The van der Waals surface area contributed by atoms with Gasteiger partial charge in [0.2, 0.25) is 5.56 Å². The summed E-state index contributed by atoms with van der Waals surface area (Å²) in [5.41, 5.74) is 1.71. The average molecular weight is 339 g/mol. The van der Waals surface area contributed by atoms with Crippen molar-refractivity contribution in [3.63, 3.8) is 0 Å². The molecule has 2 aromatic rings. The molecular formula is C20H25N3O2. The van der Waals surface area contributed by atoms with Crippen molar-refractivity contribution in [3.05, 3.63) is 70.1 Å². The highest BCUT2D eigenvalue weighted by Gasteiger charge is 2.23. The Balaban J connectivity index is 1.60. The molecule has 1 saturated heterocycles. The van der Waals surface area contributed by atoms with Gasteiger partial charge in [0.25, 0.3) is 5.91 Å². The zero-order chi connectivity index (χ0) is 17.6. The van der Waals surface area contributed by atoms with Crippen molar-refractivity contribution in [3.8, 4) is 0 Å². The summed E-state index contributed by atoms with van der Waals surface area (Å²) in [5, 5.41) is 3.04. The fraction of sp³-hybridized carbons (Fsp3) is 0.400. The van der Waals surface area contributed by atoms with Gasteiger partial charge in [-0.3, -0.25) is 14.5 Å². The van der Waals surface area contributed by atoms with Crippen molar-refractivity contribution in [2.24, 2.45) is 7.05 Å². The molecule has 5 heteroatoms. The summed E-state index contributed by atoms with van der Waals surface area (Å²) in [5.74, 6) is -0.124. The fourth-order valence-corrected chi connectivity index (χ4v) is 3.36. The number of piperidine rings is 1. The number of pyridine rings is 1. The maximum absolute atomic E-state index is 12.4. The molecular weight excluding hydrogens is 314 g/mol. The van der Waals surface area contributed by atoms with Gasteiger partial charge >= 0.3 is 0 Å². The SMILES string of the molecule is Cn1cc(C(=O)NCC2CCCCN2Cc2ccccc2)ccc1=O. The van der Waals surface area contributed by atoms with Crippen LogP contribution in [0.3, 0.4) is 0 Å². The Kier molecular flexibility index (Phi) is 5.66. The van der Waals surface area contributed by atoms with Gasteiger partial charge in [-0.15, -0.1) is 0 Å². The Morgan fingerprint density at radius 1 is 1.16 bits per heavy atom. The van der Waals surface area contributed by atoms with Gasteiger partial charge in [-0.05, 0) is 31.0 Å². The van der Waals surface area contributed by atoms with E-state index in [0.29, 0.717) is 18.2 Å². The molecule has 0 aliphatic carbocycles. The molecule has 1 aromatic carbocycles. The van der Waals surface area contributed by atoms with E-state index < -0.39 is 0 Å². The van der Waals surface area contributed by atoms with Gasteiger partial charge in [0.15, 0.2) is 0 Å². The summed E-state index contributed by atoms with van der Waals surface area (Å²) in [6.07, 6.45) is 5.09. The lowest BCUT2D eigenvalue weighted by Gasteiger charge is -2.35. The second kappa shape index (κ2) is 8.12. The number of aromatic nitrogens is 1. The second-order valence-corrected chi connectivity index (χ2v) is 6.68. The Hall–Kier alpha value is -2.40. The molecule has 1 aliphatic heterocycles. The van der Waals surface area contributed by atoms with Gasteiger partial charge in [-0.1, -0.05) is 36.8 Å². The molecule has 1 N–H and O–H groups in total. The number of likely N-dealkylation sites (tertiary alicyclic amines) is 1. The quantitative estimate of drug-likeness (QED) is 0.908. The summed E-state index contributed by atoms with van der Waals surface area (Å²) in [7, 11) is 1.65. The summed E-state index contributed by atoms with van der Waals surface area (Å²) in [6, 6.07) is 13.8. The number of nitrogens with one attached hydrogen (secondary N) is 1. The minimum Gasteiger partial charge on any atom is -0.350 e. The van der Waals surface area contributed by atoms with Crippen LogP contribution in [0.25, 0.3) is 0 Å². The minimum absolute atomic E-state index is 0.113. The van der Waals surface area contributed by atoms with Crippen LogP contribution in [0.1, 0.15) is 35.2 Å². The van der Waals surface area contributed by atoms with Crippen molar-refractivity contribution in [1.29, 1.82) is 0 Å². The zero-order valence-electron chi connectivity index (χ0n) is 14.6. The number of hydrogen-bond acceptors (Lipinski definition) is 3. The molecule has 1 aromatic heterocycles. The van der Waals surface area contributed by atoms with Crippen molar-refractivity contribution >= 4 is 5.91 Å². The van der Waals surface area contributed by atoms with E-state index in [0.717, 1.165) is 19.5 Å². The van der Waals surface area contributed by atoms with E-state index in [4.69, 9.17) is 0 Å². The standard InChI is InChI=1S/C20H25N3O2/c1-22-15-17(10-11-19(22)24)20(25)21-13-18-9-5-6-12-23(18)14-16-7-3-2-4-8-16/h2-4,7-8,10-11,15,18H,5-6,9,12-14H2,1H3,(H,21,25). The lowest BCUT2D eigenvalue weighted by molar-refractivity contribution is 0.0907. The third kappa shape index (κ3) is 4.57. The van der Waals surface area contributed by atoms with Crippen LogP contribution in [-0.2, 0) is 13.6 Å². The summed E-state index contributed by atoms with van der Waals surface area (Å²) in [4.78, 5) is 26.3. The Morgan fingerprint density at radius 3 is 2.72 bits per heavy atom. The lowest BCUT2D eigenvalue weighted by Crippen LogP contribution is -2.46. The van der Waals surface area contributed by atoms with Gasteiger partial charge in [-0.2, -0.15) is 0 Å². The smallest absolute Gasteiger partial charge is 0.252 e. The normalized spacial score (nSPS) is 18.0. The average Bonchev–Trinajstić information content (AvgIpc) is 2.64. The number of nitrogens with zero attached hydrogens (tertiary/aromatic N) is 2. The van der Waals surface area contributed by atoms with E-state index in [9.17, 15) is 9.59 Å². The Bertz CT molecular complexity index is 770. The molecule has 2 heterocycles. The predicted octanol–water partition coefficient (Wildman–Crippen LogP) is 2.17. The topological polar surface area (TPSA) is 54.3 Å². The molecule has 1 atom stereocenters. The monoisotopic (exact) mass is 339 g/mol. The minimum atomic E-state index is -0.124. The number of benzene rings is 1. The van der Waals surface area contributed by atoms with E-state index in [1.165, 1.54) is 29.0 Å². The van der Waals surface area contributed by atoms with E-state index in [2.05, 4.69) is 34.5 Å². The van der Waals surface area contributed by atoms with E-state index in [1.807, 2.05) is 6.07 Å². The van der Waals surface area contributed by atoms with Crippen molar-refractivity contribution in [2.45, 2.75) is 31.8 Å². The highest BCUT2D eigenvalue weighted by molar-refractivity contribution is 5.93. The number of rotatable bonds is 5. The van der Waals surface area contributed by atoms with Crippen LogP contribution in [0.4, 0.5) is 0 Å². The Labute approximate surface area is 148 Å².